The van der Waals surface area contributed by atoms with E-state index in [0.717, 1.165) is 103 Å². The molecule has 0 radical (unpaired) electrons. The van der Waals surface area contributed by atoms with E-state index in [1.165, 1.54) is 96.2 Å². The Morgan fingerprint density at radius 1 is 0.500 bits per heavy atom. The standard InChI is InChI=1S/C55H100N4O9/c1-5-9-13-17-19-27-35-46(33-25-15-11-7-3)53(62)66-40-30-22-21-29-39-65-51(60)38-37-50(59-52(61)49(56)43-48-44-57-45-58-48)55(64)68-42-32-24-23-31-41-67-54(63)47(34-26-16-12-8-4)36-28-20-18-14-10-6-2/h44-47,49-50H,5-43,56H2,1-4H3,(H,57,58)(H,59,61)/t46?,47?,49-,50-/m0/s1. The van der Waals surface area contributed by atoms with E-state index >= 15 is 0 Å². The van der Waals surface area contributed by atoms with Crippen LogP contribution in [0.25, 0.3) is 0 Å². The summed E-state index contributed by atoms with van der Waals surface area (Å²) in [6.07, 6.45) is 36.7. The van der Waals surface area contributed by atoms with Crippen LogP contribution in [0.1, 0.15) is 252 Å². The van der Waals surface area contributed by atoms with Crippen molar-refractivity contribution in [2.24, 2.45) is 17.6 Å². The van der Waals surface area contributed by atoms with Gasteiger partial charge in [-0.05, 0) is 83.5 Å². The first-order valence-corrected chi connectivity index (χ1v) is 27.8. The van der Waals surface area contributed by atoms with E-state index in [4.69, 9.17) is 24.7 Å². The van der Waals surface area contributed by atoms with Gasteiger partial charge in [0.1, 0.15) is 6.04 Å². The summed E-state index contributed by atoms with van der Waals surface area (Å²) in [6, 6.07) is -2.01. The predicted molar refractivity (Wildman–Crippen MR) is 273 cm³/mol. The van der Waals surface area contributed by atoms with Crippen LogP contribution >= 0.6 is 0 Å². The maximum absolute atomic E-state index is 13.2. The van der Waals surface area contributed by atoms with Crippen LogP contribution in [0, 0.1) is 11.8 Å². The van der Waals surface area contributed by atoms with Gasteiger partial charge in [-0.2, -0.15) is 0 Å². The fourth-order valence-electron chi connectivity index (χ4n) is 8.48. The zero-order chi connectivity index (χ0) is 49.7. The molecule has 2 unspecified atom stereocenters. The molecule has 68 heavy (non-hydrogen) atoms. The highest BCUT2D eigenvalue weighted by molar-refractivity contribution is 5.88. The van der Waals surface area contributed by atoms with E-state index < -0.39 is 29.9 Å². The van der Waals surface area contributed by atoms with Crippen molar-refractivity contribution in [1.29, 1.82) is 0 Å². The van der Waals surface area contributed by atoms with Gasteiger partial charge in [0.25, 0.3) is 0 Å². The molecule has 1 rings (SSSR count). The van der Waals surface area contributed by atoms with Gasteiger partial charge in [-0.1, -0.05) is 156 Å². The van der Waals surface area contributed by atoms with Crippen LogP contribution < -0.4 is 11.1 Å². The van der Waals surface area contributed by atoms with E-state index in [1.54, 1.807) is 6.20 Å². The molecule has 0 fully saturated rings. The van der Waals surface area contributed by atoms with Crippen molar-refractivity contribution in [3.63, 3.8) is 0 Å². The number of carbonyl (C=O) groups excluding carboxylic acids is 5. The van der Waals surface area contributed by atoms with Crippen molar-refractivity contribution in [2.75, 3.05) is 26.4 Å². The van der Waals surface area contributed by atoms with E-state index in [2.05, 4.69) is 43.0 Å². The van der Waals surface area contributed by atoms with Gasteiger partial charge in [0.15, 0.2) is 0 Å². The third-order valence-corrected chi connectivity index (χ3v) is 12.9. The van der Waals surface area contributed by atoms with E-state index in [-0.39, 0.29) is 56.3 Å². The number of ether oxygens (including phenoxy) is 4. The molecule has 4 atom stereocenters. The van der Waals surface area contributed by atoms with E-state index in [1.807, 2.05) is 0 Å². The van der Waals surface area contributed by atoms with Gasteiger partial charge in [-0.15, -0.1) is 0 Å². The molecule has 0 aliphatic carbocycles. The Morgan fingerprint density at radius 2 is 0.868 bits per heavy atom. The predicted octanol–water partition coefficient (Wildman–Crippen LogP) is 12.5. The molecule has 1 amide bonds. The number of aromatic amines is 1. The lowest BCUT2D eigenvalue weighted by Crippen LogP contribution is -2.50. The van der Waals surface area contributed by atoms with Crippen molar-refractivity contribution in [1.82, 2.24) is 15.3 Å². The number of amides is 1. The molecule has 1 heterocycles. The lowest BCUT2D eigenvalue weighted by atomic mass is 9.94. The van der Waals surface area contributed by atoms with Crippen LogP contribution in [0.3, 0.4) is 0 Å². The fourth-order valence-corrected chi connectivity index (χ4v) is 8.48. The Hall–Kier alpha value is -3.48. The summed E-state index contributed by atoms with van der Waals surface area (Å²) in [6.45, 7) is 10.0. The molecule has 0 saturated carbocycles. The van der Waals surface area contributed by atoms with Crippen LogP contribution in [0.5, 0.6) is 0 Å². The first-order chi connectivity index (χ1) is 33.2. The van der Waals surface area contributed by atoms with Crippen LogP contribution in [-0.2, 0) is 49.3 Å². The number of nitrogens with zero attached hydrogens (tertiary/aromatic N) is 1. The first-order valence-electron chi connectivity index (χ1n) is 27.8. The molecule has 394 valence electrons. The molecule has 0 spiro atoms. The second-order valence-electron chi connectivity index (χ2n) is 19.2. The Morgan fingerprint density at radius 3 is 1.28 bits per heavy atom. The third-order valence-electron chi connectivity index (χ3n) is 12.9. The molecule has 13 heteroatoms. The number of H-pyrrole nitrogens is 1. The Labute approximate surface area is 413 Å². The van der Waals surface area contributed by atoms with E-state index in [9.17, 15) is 24.0 Å². The number of nitrogens with two attached hydrogens (primary N) is 1. The SMILES string of the molecule is CCCCCCCCC(CCCCCC)C(=O)OCCCCCCOC(=O)CC[C@H](NC(=O)[C@@H](N)Cc1cnc[nH]1)C(=O)OCCCCCCOC(=O)C(CCCCCC)CCCCCCCC. The van der Waals surface area contributed by atoms with Gasteiger partial charge in [0.2, 0.25) is 5.91 Å². The lowest BCUT2D eigenvalue weighted by molar-refractivity contribution is -0.150. The number of hydrogen-bond donors (Lipinski definition) is 3. The van der Waals surface area contributed by atoms with E-state index in [0.29, 0.717) is 31.7 Å². The molecule has 1 aromatic heterocycles. The Kier molecular flexibility index (Phi) is 41.1. The normalized spacial score (nSPS) is 13.1. The van der Waals surface area contributed by atoms with Gasteiger partial charge in [0.05, 0.1) is 50.6 Å². The van der Waals surface area contributed by atoms with Crippen molar-refractivity contribution in [2.45, 2.75) is 265 Å². The summed E-state index contributed by atoms with van der Waals surface area (Å²) in [5.74, 6) is -1.77. The topological polar surface area (TPSA) is 189 Å². The Balaban J connectivity index is 2.48. The highest BCUT2D eigenvalue weighted by Crippen LogP contribution is 2.22. The molecular formula is C55H100N4O9. The van der Waals surface area contributed by atoms with Crippen molar-refractivity contribution in [3.8, 4) is 0 Å². The van der Waals surface area contributed by atoms with Crippen molar-refractivity contribution < 1.29 is 42.9 Å². The number of aromatic nitrogens is 2. The highest BCUT2D eigenvalue weighted by atomic mass is 16.5. The highest BCUT2D eigenvalue weighted by Gasteiger charge is 2.27. The second kappa shape index (κ2) is 44.7. The molecule has 4 N–H and O–H groups in total. The first kappa shape index (κ1) is 62.5. The maximum Gasteiger partial charge on any atom is 0.328 e. The summed E-state index contributed by atoms with van der Waals surface area (Å²) in [4.78, 5) is 71.9. The summed E-state index contributed by atoms with van der Waals surface area (Å²) in [7, 11) is 0. The number of hydrogen-bond acceptors (Lipinski definition) is 11. The van der Waals surface area contributed by atoms with Crippen molar-refractivity contribution in [3.05, 3.63) is 18.2 Å². The molecule has 0 bridgehead atoms. The molecular weight excluding hydrogens is 861 g/mol. The average Bonchev–Trinajstić information content (AvgIpc) is 3.85. The van der Waals surface area contributed by atoms with Crippen LogP contribution in [-0.4, -0.2) is 78.3 Å². The van der Waals surface area contributed by atoms with Gasteiger partial charge in [0, 0.05) is 24.7 Å². The number of nitrogens with one attached hydrogen (secondary N) is 2. The van der Waals surface area contributed by atoms with Crippen LogP contribution in [0.15, 0.2) is 12.5 Å². The minimum absolute atomic E-state index is 0.00564. The number of unbranched alkanes of at least 4 members (excludes halogenated alkanes) is 22. The average molecular weight is 961 g/mol. The smallest absolute Gasteiger partial charge is 0.328 e. The fraction of sp³-hybridized carbons (Fsp3) is 0.855. The zero-order valence-corrected chi connectivity index (χ0v) is 43.7. The summed E-state index contributed by atoms with van der Waals surface area (Å²) in [5, 5.41) is 2.70. The Bertz CT molecular complexity index is 1380. The molecule has 1 aromatic rings. The summed E-state index contributed by atoms with van der Waals surface area (Å²) < 4.78 is 22.5. The minimum atomic E-state index is -1.07. The van der Waals surface area contributed by atoms with Crippen LogP contribution in [0.2, 0.25) is 0 Å². The van der Waals surface area contributed by atoms with Gasteiger partial charge in [-0.3, -0.25) is 19.2 Å². The number of imidazole rings is 1. The largest absolute Gasteiger partial charge is 0.466 e. The second-order valence-corrected chi connectivity index (χ2v) is 19.2. The quantitative estimate of drug-likeness (QED) is 0.0320. The molecule has 13 nitrogen and oxygen atoms in total. The molecule has 0 saturated heterocycles. The van der Waals surface area contributed by atoms with Crippen LogP contribution in [0.4, 0.5) is 0 Å². The number of esters is 4. The molecule has 0 aliphatic heterocycles. The summed E-state index contributed by atoms with van der Waals surface area (Å²) >= 11 is 0. The van der Waals surface area contributed by atoms with Gasteiger partial charge >= 0.3 is 23.9 Å². The minimum Gasteiger partial charge on any atom is -0.466 e. The zero-order valence-electron chi connectivity index (χ0n) is 43.7. The number of carbonyl (C=O) groups is 5. The lowest BCUT2D eigenvalue weighted by Gasteiger charge is -2.20. The summed E-state index contributed by atoms with van der Waals surface area (Å²) in [5.41, 5.74) is 6.84. The molecule has 0 aliphatic rings. The maximum atomic E-state index is 13.2. The third kappa shape index (κ3) is 34.7. The molecule has 0 aromatic carbocycles. The van der Waals surface area contributed by atoms with Gasteiger partial charge in [-0.25, -0.2) is 9.78 Å². The van der Waals surface area contributed by atoms with Gasteiger partial charge < -0.3 is 35.0 Å². The number of rotatable bonds is 48. The monoisotopic (exact) mass is 961 g/mol. The van der Waals surface area contributed by atoms with Crippen molar-refractivity contribution >= 4 is 29.8 Å².